The number of hydrogen-bond acceptors (Lipinski definition) is 3. The largest absolute Gasteiger partial charge is 0.353 e. The molecule has 1 fully saturated rings. The molecule has 1 aliphatic rings. The lowest BCUT2D eigenvalue weighted by atomic mass is 10.1. The van der Waals surface area contributed by atoms with Crippen LogP contribution in [-0.2, 0) is 7.05 Å². The lowest BCUT2D eigenvalue weighted by Gasteiger charge is -2.24. The Kier molecular flexibility index (Phi) is 5.91. The Bertz CT molecular complexity index is 520. The molecule has 0 bridgehead atoms. The number of imidazole rings is 1. The van der Waals surface area contributed by atoms with Crippen LogP contribution >= 0.6 is 24.8 Å². The van der Waals surface area contributed by atoms with Crippen molar-refractivity contribution >= 4 is 41.8 Å². The summed E-state index contributed by atoms with van der Waals surface area (Å²) in [6, 6.07) is 8.80. The molecular formula is C13H20Cl2N4. The second-order valence-electron chi connectivity index (χ2n) is 4.65. The van der Waals surface area contributed by atoms with Gasteiger partial charge >= 0.3 is 0 Å². The van der Waals surface area contributed by atoms with Gasteiger partial charge in [-0.2, -0.15) is 0 Å². The fourth-order valence-corrected chi connectivity index (χ4v) is 2.42. The molecule has 19 heavy (non-hydrogen) atoms. The molecule has 2 aromatic rings. The quantitative estimate of drug-likeness (QED) is 0.896. The van der Waals surface area contributed by atoms with Crippen molar-refractivity contribution in [1.82, 2.24) is 14.9 Å². The van der Waals surface area contributed by atoms with Crippen LogP contribution in [-0.4, -0.2) is 28.7 Å². The van der Waals surface area contributed by atoms with E-state index < -0.39 is 0 Å². The van der Waals surface area contributed by atoms with Crippen LogP contribution in [0.15, 0.2) is 24.3 Å². The van der Waals surface area contributed by atoms with Crippen molar-refractivity contribution in [2.24, 2.45) is 7.05 Å². The Balaban J connectivity index is 0.000000902. The van der Waals surface area contributed by atoms with E-state index in [4.69, 9.17) is 0 Å². The Morgan fingerprint density at radius 2 is 1.89 bits per heavy atom. The highest BCUT2D eigenvalue weighted by molar-refractivity contribution is 5.85. The molecule has 0 aliphatic carbocycles. The third-order valence-electron chi connectivity index (χ3n) is 3.46. The first kappa shape index (κ1) is 16.1. The Hall–Kier alpha value is -0.970. The normalized spacial score (nSPS) is 15.6. The molecule has 3 rings (SSSR count). The Morgan fingerprint density at radius 3 is 2.58 bits per heavy atom. The Labute approximate surface area is 125 Å². The van der Waals surface area contributed by atoms with E-state index in [2.05, 4.69) is 45.4 Å². The van der Waals surface area contributed by atoms with Gasteiger partial charge in [0.2, 0.25) is 5.95 Å². The molecule has 4 nitrogen and oxygen atoms in total. The number of anilines is 1. The third-order valence-corrected chi connectivity index (χ3v) is 3.46. The van der Waals surface area contributed by atoms with E-state index >= 15 is 0 Å². The summed E-state index contributed by atoms with van der Waals surface area (Å²) in [5.74, 6) is 0.984. The number of fused-ring (bicyclic) bond motifs is 1. The Morgan fingerprint density at radius 1 is 1.21 bits per heavy atom. The topological polar surface area (TPSA) is 41.9 Å². The highest BCUT2D eigenvalue weighted by Gasteiger charge is 2.15. The van der Waals surface area contributed by atoms with E-state index in [-0.39, 0.29) is 24.8 Å². The molecule has 0 radical (unpaired) electrons. The standard InChI is InChI=1S/C13H18N4.2ClH/c1-17-12-5-3-2-4-11(12)16-13(17)15-10-6-8-14-9-7-10;;/h2-5,10,14H,6-9H2,1H3,(H,15,16);2*1H. The molecule has 0 saturated carbocycles. The zero-order chi connectivity index (χ0) is 11.7. The van der Waals surface area contributed by atoms with Crippen molar-refractivity contribution in [3.8, 4) is 0 Å². The van der Waals surface area contributed by atoms with Gasteiger partial charge in [-0.15, -0.1) is 24.8 Å². The predicted octanol–water partition coefficient (Wildman–Crippen LogP) is 2.58. The van der Waals surface area contributed by atoms with Gasteiger partial charge in [-0.05, 0) is 38.1 Å². The number of halogens is 2. The second-order valence-corrected chi connectivity index (χ2v) is 4.65. The lowest BCUT2D eigenvalue weighted by molar-refractivity contribution is 0.476. The van der Waals surface area contributed by atoms with Crippen LogP contribution in [0.5, 0.6) is 0 Å². The van der Waals surface area contributed by atoms with E-state index in [0.29, 0.717) is 6.04 Å². The maximum atomic E-state index is 4.64. The summed E-state index contributed by atoms with van der Waals surface area (Å²) in [6.07, 6.45) is 2.34. The van der Waals surface area contributed by atoms with Gasteiger partial charge < -0.3 is 15.2 Å². The average molecular weight is 303 g/mol. The number of piperidine rings is 1. The van der Waals surface area contributed by atoms with Crippen molar-refractivity contribution in [2.75, 3.05) is 18.4 Å². The molecular weight excluding hydrogens is 283 g/mol. The highest BCUT2D eigenvalue weighted by Crippen LogP contribution is 2.19. The predicted molar refractivity (Wildman–Crippen MR) is 84.7 cm³/mol. The van der Waals surface area contributed by atoms with Gasteiger partial charge in [0, 0.05) is 13.1 Å². The van der Waals surface area contributed by atoms with Crippen LogP contribution in [0.1, 0.15) is 12.8 Å². The average Bonchev–Trinajstić information content (AvgIpc) is 2.68. The van der Waals surface area contributed by atoms with Crippen molar-refractivity contribution < 1.29 is 0 Å². The maximum absolute atomic E-state index is 4.64. The van der Waals surface area contributed by atoms with E-state index in [1.807, 2.05) is 6.07 Å². The van der Waals surface area contributed by atoms with Gasteiger partial charge in [-0.1, -0.05) is 12.1 Å². The van der Waals surface area contributed by atoms with Gasteiger partial charge in [0.15, 0.2) is 0 Å². The molecule has 1 aromatic heterocycles. The minimum absolute atomic E-state index is 0. The van der Waals surface area contributed by atoms with Crippen LogP contribution in [0, 0.1) is 0 Å². The van der Waals surface area contributed by atoms with Gasteiger partial charge in [0.05, 0.1) is 11.0 Å². The van der Waals surface area contributed by atoms with Gasteiger partial charge in [0.1, 0.15) is 0 Å². The number of nitrogens with one attached hydrogen (secondary N) is 2. The van der Waals surface area contributed by atoms with E-state index in [0.717, 1.165) is 24.6 Å². The third kappa shape index (κ3) is 3.32. The van der Waals surface area contributed by atoms with Gasteiger partial charge in [0.25, 0.3) is 0 Å². The first-order chi connectivity index (χ1) is 8.34. The van der Waals surface area contributed by atoms with Gasteiger partial charge in [-0.25, -0.2) is 4.98 Å². The summed E-state index contributed by atoms with van der Waals surface area (Å²) in [6.45, 7) is 2.20. The molecule has 0 spiro atoms. The number of para-hydroxylation sites is 2. The molecule has 0 unspecified atom stereocenters. The molecule has 106 valence electrons. The molecule has 1 aromatic carbocycles. The minimum Gasteiger partial charge on any atom is -0.353 e. The summed E-state index contributed by atoms with van der Waals surface area (Å²) < 4.78 is 2.14. The van der Waals surface area contributed by atoms with E-state index in [1.54, 1.807) is 0 Å². The van der Waals surface area contributed by atoms with Crippen LogP contribution in [0.4, 0.5) is 5.95 Å². The number of aromatic nitrogens is 2. The van der Waals surface area contributed by atoms with Crippen molar-refractivity contribution in [1.29, 1.82) is 0 Å². The summed E-state index contributed by atoms with van der Waals surface area (Å²) in [4.78, 5) is 4.64. The fourth-order valence-electron chi connectivity index (χ4n) is 2.42. The molecule has 2 N–H and O–H groups in total. The van der Waals surface area contributed by atoms with E-state index in [9.17, 15) is 0 Å². The minimum atomic E-state index is 0. The lowest BCUT2D eigenvalue weighted by Crippen LogP contribution is -2.35. The number of aryl methyl sites for hydroxylation is 1. The first-order valence-corrected chi connectivity index (χ1v) is 6.23. The monoisotopic (exact) mass is 302 g/mol. The van der Waals surface area contributed by atoms with Crippen LogP contribution in [0.3, 0.4) is 0 Å². The molecule has 2 heterocycles. The molecule has 6 heteroatoms. The summed E-state index contributed by atoms with van der Waals surface area (Å²) in [7, 11) is 2.07. The fraction of sp³-hybridized carbons (Fsp3) is 0.462. The molecule has 1 aliphatic heterocycles. The number of benzene rings is 1. The summed E-state index contributed by atoms with van der Waals surface area (Å²) in [5.41, 5.74) is 2.25. The second kappa shape index (κ2) is 6.98. The van der Waals surface area contributed by atoms with Gasteiger partial charge in [-0.3, -0.25) is 0 Å². The maximum Gasteiger partial charge on any atom is 0.203 e. The van der Waals surface area contributed by atoms with Crippen molar-refractivity contribution in [2.45, 2.75) is 18.9 Å². The zero-order valence-electron chi connectivity index (χ0n) is 10.9. The molecule has 1 saturated heterocycles. The van der Waals surface area contributed by atoms with Crippen molar-refractivity contribution in [3.05, 3.63) is 24.3 Å². The van der Waals surface area contributed by atoms with Crippen LogP contribution in [0.2, 0.25) is 0 Å². The number of rotatable bonds is 2. The summed E-state index contributed by atoms with van der Waals surface area (Å²) in [5, 5.41) is 6.92. The van der Waals surface area contributed by atoms with Crippen molar-refractivity contribution in [3.63, 3.8) is 0 Å². The number of hydrogen-bond donors (Lipinski definition) is 2. The van der Waals surface area contributed by atoms with E-state index in [1.165, 1.54) is 18.4 Å². The first-order valence-electron chi connectivity index (χ1n) is 6.23. The SMILES string of the molecule is Cl.Cl.Cn1c(NC2CCNCC2)nc2ccccc21. The molecule has 0 amide bonds. The van der Waals surface area contributed by atoms with Crippen LogP contribution < -0.4 is 10.6 Å². The highest BCUT2D eigenvalue weighted by atomic mass is 35.5. The van der Waals surface area contributed by atoms with Crippen LogP contribution in [0.25, 0.3) is 11.0 Å². The molecule has 0 atom stereocenters. The summed E-state index contributed by atoms with van der Waals surface area (Å²) >= 11 is 0. The smallest absolute Gasteiger partial charge is 0.203 e. The zero-order valence-corrected chi connectivity index (χ0v) is 12.6. The number of nitrogens with zero attached hydrogens (tertiary/aromatic N) is 2.